The summed E-state index contributed by atoms with van der Waals surface area (Å²) in [6.45, 7) is 4.30. The lowest BCUT2D eigenvalue weighted by molar-refractivity contribution is -0.758. The third-order valence-electron chi connectivity index (χ3n) is 3.35. The van der Waals surface area contributed by atoms with Crippen LogP contribution in [0.3, 0.4) is 0 Å². The lowest BCUT2D eigenvalue weighted by Crippen LogP contribution is -3.00. The molecule has 0 bridgehead atoms. The van der Waals surface area contributed by atoms with Gasteiger partial charge in [0.05, 0.1) is 23.6 Å². The Morgan fingerprint density at radius 1 is 0.850 bits per heavy atom. The summed E-state index contributed by atoms with van der Waals surface area (Å²) in [5, 5.41) is 1.34. The van der Waals surface area contributed by atoms with Crippen LogP contribution < -0.4 is 34.2 Å². The highest BCUT2D eigenvalue weighted by Gasteiger charge is 2.30. The Bertz CT molecular complexity index is 482. The van der Waals surface area contributed by atoms with E-state index in [1.54, 1.807) is 0 Å². The van der Waals surface area contributed by atoms with Crippen LogP contribution in [-0.2, 0) is 26.2 Å². The maximum atomic E-state index is 4.13. The highest BCUT2D eigenvalue weighted by Crippen LogP contribution is 2.34. The quantitative estimate of drug-likeness (QED) is 0.407. The fraction of sp³-hybridized carbons (Fsp3) is 0.600. The third kappa shape index (κ3) is 2.93. The van der Waals surface area contributed by atoms with Crippen molar-refractivity contribution in [3.05, 3.63) is 25.3 Å². The summed E-state index contributed by atoms with van der Waals surface area (Å²) in [4.78, 5) is 8.26. The molecule has 6 nitrogen and oxygen atoms in total. The average Bonchev–Trinajstić information content (AvgIpc) is 3.04. The molecule has 2 aliphatic rings. The molecule has 20 heavy (non-hydrogen) atoms. The summed E-state index contributed by atoms with van der Waals surface area (Å²) in [6, 6.07) is 0. The molecule has 4 rings (SSSR count). The number of aromatic nitrogens is 6. The van der Waals surface area contributed by atoms with Gasteiger partial charge in [0.25, 0.3) is 0 Å². The molecule has 0 radical (unpaired) electrons. The molecule has 2 aromatic rings. The Hall–Kier alpha value is -0.440. The van der Waals surface area contributed by atoms with Gasteiger partial charge in [0.1, 0.15) is 13.1 Å². The second kappa shape index (κ2) is 6.55. The molecule has 110 valence electrons. The topological polar surface area (TPSA) is 43.4 Å². The maximum Gasteiger partial charge on any atom is 0.306 e. The Kier molecular flexibility index (Phi) is 5.22. The van der Waals surface area contributed by atoms with E-state index in [1.807, 2.05) is 46.9 Å². The maximum absolute atomic E-state index is 4.13. The van der Waals surface area contributed by atoms with Crippen molar-refractivity contribution in [3.63, 3.8) is 0 Å². The molecule has 0 aliphatic carbocycles. The van der Waals surface area contributed by atoms with Gasteiger partial charge in [0.2, 0.25) is 12.7 Å². The van der Waals surface area contributed by atoms with Crippen LogP contribution in [0.5, 0.6) is 0 Å². The van der Waals surface area contributed by atoms with Crippen LogP contribution in [0, 0.1) is 0 Å². The van der Waals surface area contributed by atoms with Crippen molar-refractivity contribution >= 4 is 21.6 Å². The molecule has 0 N–H and O–H groups in total. The lowest BCUT2D eigenvalue weighted by Gasteiger charge is -2.07. The van der Waals surface area contributed by atoms with Crippen molar-refractivity contribution in [3.8, 4) is 0 Å². The minimum Gasteiger partial charge on any atom is -1.00 e. The molecule has 0 saturated heterocycles. The van der Waals surface area contributed by atoms with E-state index in [1.165, 1.54) is 0 Å². The summed E-state index contributed by atoms with van der Waals surface area (Å²) in [6.07, 6.45) is 7.64. The molecule has 10 heteroatoms. The number of hydrogen-bond donors (Lipinski definition) is 0. The van der Waals surface area contributed by atoms with E-state index in [-0.39, 0.29) is 24.8 Å². The molecule has 4 heterocycles. The minimum atomic E-state index is 0. The zero-order valence-corrected chi connectivity index (χ0v) is 13.7. The zero-order chi connectivity index (χ0) is 11.9. The van der Waals surface area contributed by atoms with Gasteiger partial charge in [-0.15, -0.1) is 0 Å². The standard InChI is InChI=1S/C10H14N6S2.2ClH/c1-9(2-14-6-11-5-13(1)14)17-18-10-3-15-7-12-8-16(15)4-10;;/h5-10H,1-4H2;2*1H/q+2;;/p-2. The van der Waals surface area contributed by atoms with Crippen LogP contribution in [0.25, 0.3) is 0 Å². The summed E-state index contributed by atoms with van der Waals surface area (Å²) in [5.41, 5.74) is 0. The van der Waals surface area contributed by atoms with E-state index in [0.717, 1.165) is 26.2 Å². The van der Waals surface area contributed by atoms with Gasteiger partial charge in [0, 0.05) is 0 Å². The SMILES string of the molecule is [Cl-].[Cl-].c1nc[n+]2n1CC(SSC1Cn3cnc[n+]3C1)C2. The van der Waals surface area contributed by atoms with Crippen molar-refractivity contribution in [2.24, 2.45) is 0 Å². The Morgan fingerprint density at radius 3 is 1.70 bits per heavy atom. The summed E-state index contributed by atoms with van der Waals surface area (Å²) in [5.74, 6) is 0. The summed E-state index contributed by atoms with van der Waals surface area (Å²) < 4.78 is 8.76. The van der Waals surface area contributed by atoms with Crippen LogP contribution in [0.4, 0.5) is 0 Å². The number of hydrogen-bond acceptors (Lipinski definition) is 4. The van der Waals surface area contributed by atoms with Crippen LogP contribution in [0.2, 0.25) is 0 Å². The van der Waals surface area contributed by atoms with Gasteiger partial charge in [-0.3, -0.25) is 0 Å². The van der Waals surface area contributed by atoms with Crippen molar-refractivity contribution in [1.82, 2.24) is 19.3 Å². The van der Waals surface area contributed by atoms with Crippen molar-refractivity contribution in [2.45, 2.75) is 36.7 Å². The molecule has 0 unspecified atom stereocenters. The van der Waals surface area contributed by atoms with Gasteiger partial charge in [-0.05, 0) is 9.97 Å². The van der Waals surface area contributed by atoms with Crippen LogP contribution in [-0.4, -0.2) is 29.8 Å². The van der Waals surface area contributed by atoms with Crippen LogP contribution >= 0.6 is 21.6 Å². The number of fused-ring (bicyclic) bond motifs is 2. The van der Waals surface area contributed by atoms with Gasteiger partial charge in [-0.25, -0.2) is 0 Å². The lowest BCUT2D eigenvalue weighted by atomic mass is 10.4. The first-order valence-corrected chi connectivity index (χ1v) is 8.28. The average molecular weight is 353 g/mol. The molecule has 0 saturated carbocycles. The number of halogens is 2. The molecular formula is C10H14Cl2N6S2. The normalized spacial score (nSPS) is 22.8. The predicted molar refractivity (Wildman–Crippen MR) is 67.6 cm³/mol. The second-order valence-corrected chi connectivity index (χ2v) is 7.56. The number of nitrogens with zero attached hydrogens (tertiary/aromatic N) is 6. The molecular weight excluding hydrogens is 339 g/mol. The Labute approximate surface area is 137 Å². The fourth-order valence-corrected chi connectivity index (χ4v) is 5.31. The first-order valence-electron chi connectivity index (χ1n) is 6.00. The Balaban J connectivity index is 0.000000735. The van der Waals surface area contributed by atoms with Gasteiger partial charge in [-0.1, -0.05) is 21.6 Å². The van der Waals surface area contributed by atoms with E-state index in [2.05, 4.69) is 28.7 Å². The minimum absolute atomic E-state index is 0. The highest BCUT2D eigenvalue weighted by molar-refractivity contribution is 8.77. The van der Waals surface area contributed by atoms with Gasteiger partial charge in [0.15, 0.2) is 0 Å². The monoisotopic (exact) mass is 352 g/mol. The zero-order valence-electron chi connectivity index (χ0n) is 10.5. The predicted octanol–water partition coefficient (Wildman–Crippen LogP) is -6.49. The number of rotatable bonds is 3. The second-order valence-electron chi connectivity index (χ2n) is 4.68. The third-order valence-corrected chi connectivity index (χ3v) is 6.57. The molecule has 0 aromatic carbocycles. The smallest absolute Gasteiger partial charge is 0.306 e. The van der Waals surface area contributed by atoms with Gasteiger partial charge >= 0.3 is 12.7 Å². The van der Waals surface area contributed by atoms with Crippen LogP contribution in [0.15, 0.2) is 25.3 Å². The van der Waals surface area contributed by atoms with Crippen molar-refractivity contribution in [2.75, 3.05) is 0 Å². The van der Waals surface area contributed by atoms with Crippen molar-refractivity contribution < 1.29 is 34.2 Å². The molecule has 2 aromatic heterocycles. The van der Waals surface area contributed by atoms with Gasteiger partial charge < -0.3 is 24.8 Å². The summed E-state index contributed by atoms with van der Waals surface area (Å²) in [7, 11) is 4.03. The highest BCUT2D eigenvalue weighted by atomic mass is 35.5. The molecule has 2 aliphatic heterocycles. The molecule has 0 atom stereocenters. The Morgan fingerprint density at radius 2 is 1.30 bits per heavy atom. The van der Waals surface area contributed by atoms with E-state index in [4.69, 9.17) is 0 Å². The first-order chi connectivity index (χ1) is 8.88. The van der Waals surface area contributed by atoms with E-state index >= 15 is 0 Å². The molecule has 0 spiro atoms. The largest absolute Gasteiger partial charge is 1.00 e. The molecule has 0 fully saturated rings. The van der Waals surface area contributed by atoms with E-state index in [0.29, 0.717) is 10.5 Å². The van der Waals surface area contributed by atoms with Crippen LogP contribution in [0.1, 0.15) is 0 Å². The first kappa shape index (κ1) is 15.9. The van der Waals surface area contributed by atoms with E-state index in [9.17, 15) is 0 Å². The fourth-order valence-electron chi connectivity index (χ4n) is 2.47. The van der Waals surface area contributed by atoms with Gasteiger partial charge in [-0.2, -0.15) is 18.7 Å². The van der Waals surface area contributed by atoms with Crippen molar-refractivity contribution in [1.29, 1.82) is 0 Å². The van der Waals surface area contributed by atoms with E-state index < -0.39 is 0 Å². The molecule has 0 amide bonds. The summed E-state index contributed by atoms with van der Waals surface area (Å²) >= 11 is 0.